The smallest absolute Gasteiger partial charge is 0.258 e. The summed E-state index contributed by atoms with van der Waals surface area (Å²) in [5.41, 5.74) is 0. The number of carbonyl (C=O) groups is 1. The average molecular weight is 279 g/mol. The Morgan fingerprint density at radius 1 is 1.53 bits per heavy atom. The molecular formula is C13H17N3O2S. The van der Waals surface area contributed by atoms with Crippen LogP contribution in [0.1, 0.15) is 16.7 Å². The molecule has 0 radical (unpaired) electrons. The molecule has 102 valence electrons. The number of aryl methyl sites for hydroxylation is 2. The van der Waals surface area contributed by atoms with Crippen molar-refractivity contribution in [1.29, 1.82) is 0 Å². The number of amides is 1. The van der Waals surface area contributed by atoms with E-state index >= 15 is 0 Å². The van der Waals surface area contributed by atoms with Gasteiger partial charge in [0.05, 0.1) is 18.9 Å². The summed E-state index contributed by atoms with van der Waals surface area (Å²) in [5, 5.41) is 6.89. The van der Waals surface area contributed by atoms with E-state index in [1.165, 1.54) is 4.88 Å². The molecule has 2 aromatic heterocycles. The molecule has 0 fully saturated rings. The topological polar surface area (TPSA) is 56.1 Å². The maximum Gasteiger partial charge on any atom is 0.258 e. The zero-order chi connectivity index (χ0) is 13.7. The van der Waals surface area contributed by atoms with Crippen molar-refractivity contribution in [2.75, 3.05) is 6.61 Å². The lowest BCUT2D eigenvalue weighted by molar-refractivity contribution is -0.123. The molecule has 5 nitrogen and oxygen atoms in total. The summed E-state index contributed by atoms with van der Waals surface area (Å²) in [6, 6.07) is 4.06. The fraction of sp³-hybridized carbons (Fsp3) is 0.385. The van der Waals surface area contributed by atoms with Gasteiger partial charge in [0.15, 0.2) is 12.4 Å². The molecule has 1 N–H and O–H groups in total. The van der Waals surface area contributed by atoms with Crippen LogP contribution in [0, 0.1) is 6.92 Å². The molecule has 2 aromatic rings. The van der Waals surface area contributed by atoms with Crippen molar-refractivity contribution in [2.45, 2.75) is 26.9 Å². The molecule has 19 heavy (non-hydrogen) atoms. The monoisotopic (exact) mass is 279 g/mol. The third kappa shape index (κ3) is 4.10. The van der Waals surface area contributed by atoms with Gasteiger partial charge in [-0.25, -0.2) is 0 Å². The molecule has 0 bridgehead atoms. The van der Waals surface area contributed by atoms with Gasteiger partial charge in [0.25, 0.3) is 5.91 Å². The highest BCUT2D eigenvalue weighted by Crippen LogP contribution is 2.14. The molecule has 2 heterocycles. The Balaban J connectivity index is 1.72. The zero-order valence-electron chi connectivity index (χ0n) is 11.0. The van der Waals surface area contributed by atoms with Crippen molar-refractivity contribution in [2.24, 2.45) is 0 Å². The van der Waals surface area contributed by atoms with Gasteiger partial charge >= 0.3 is 0 Å². The quantitative estimate of drug-likeness (QED) is 0.879. The fourth-order valence-electron chi connectivity index (χ4n) is 1.56. The van der Waals surface area contributed by atoms with E-state index < -0.39 is 0 Å². The summed E-state index contributed by atoms with van der Waals surface area (Å²) >= 11 is 1.68. The number of ether oxygens (including phenoxy) is 1. The van der Waals surface area contributed by atoms with E-state index in [-0.39, 0.29) is 12.5 Å². The highest BCUT2D eigenvalue weighted by molar-refractivity contribution is 7.11. The first-order valence-corrected chi connectivity index (χ1v) is 6.96. The van der Waals surface area contributed by atoms with E-state index in [0.29, 0.717) is 12.3 Å². The van der Waals surface area contributed by atoms with Crippen LogP contribution in [-0.4, -0.2) is 22.3 Å². The zero-order valence-corrected chi connectivity index (χ0v) is 11.9. The molecular weight excluding hydrogens is 262 g/mol. The molecule has 0 spiro atoms. The van der Waals surface area contributed by atoms with E-state index in [9.17, 15) is 4.79 Å². The molecule has 0 aromatic carbocycles. The van der Waals surface area contributed by atoms with E-state index in [0.717, 1.165) is 11.4 Å². The molecule has 0 unspecified atom stereocenters. The number of aromatic nitrogens is 2. The SMILES string of the molecule is CCn1cc(OCC(=O)NCc2ccc(C)s2)cn1. The van der Waals surface area contributed by atoms with E-state index in [1.54, 1.807) is 28.4 Å². The second kappa shape index (κ2) is 6.38. The number of rotatable bonds is 6. The van der Waals surface area contributed by atoms with E-state index in [4.69, 9.17) is 4.74 Å². The number of thiophene rings is 1. The van der Waals surface area contributed by atoms with Crippen LogP contribution in [0.25, 0.3) is 0 Å². The second-order valence-electron chi connectivity index (χ2n) is 4.11. The van der Waals surface area contributed by atoms with Gasteiger partial charge in [-0.15, -0.1) is 11.3 Å². The summed E-state index contributed by atoms with van der Waals surface area (Å²) in [4.78, 5) is 14.0. The first kappa shape index (κ1) is 13.6. The molecule has 0 saturated heterocycles. The lowest BCUT2D eigenvalue weighted by Gasteiger charge is -2.04. The Hall–Kier alpha value is -1.82. The van der Waals surface area contributed by atoms with Crippen molar-refractivity contribution in [1.82, 2.24) is 15.1 Å². The van der Waals surface area contributed by atoms with Gasteiger partial charge in [0.2, 0.25) is 0 Å². The summed E-state index contributed by atoms with van der Waals surface area (Å²) in [5.74, 6) is 0.485. The van der Waals surface area contributed by atoms with Gasteiger partial charge in [-0.2, -0.15) is 5.10 Å². The van der Waals surface area contributed by atoms with Crippen molar-refractivity contribution >= 4 is 17.2 Å². The van der Waals surface area contributed by atoms with Crippen LogP contribution < -0.4 is 10.1 Å². The Morgan fingerprint density at radius 2 is 2.37 bits per heavy atom. The van der Waals surface area contributed by atoms with Gasteiger partial charge in [-0.1, -0.05) is 0 Å². The highest BCUT2D eigenvalue weighted by atomic mass is 32.1. The molecule has 0 aliphatic carbocycles. The van der Waals surface area contributed by atoms with E-state index in [2.05, 4.69) is 10.4 Å². The number of hydrogen-bond acceptors (Lipinski definition) is 4. The number of nitrogens with one attached hydrogen (secondary N) is 1. The van der Waals surface area contributed by atoms with Crippen LogP contribution in [-0.2, 0) is 17.9 Å². The van der Waals surface area contributed by atoms with Crippen molar-refractivity contribution in [3.8, 4) is 5.75 Å². The minimum Gasteiger partial charge on any atom is -0.480 e. The molecule has 2 rings (SSSR count). The third-order valence-electron chi connectivity index (χ3n) is 2.56. The normalized spacial score (nSPS) is 10.4. The second-order valence-corrected chi connectivity index (χ2v) is 5.48. The van der Waals surface area contributed by atoms with Gasteiger partial charge < -0.3 is 10.1 Å². The molecule has 6 heteroatoms. The number of nitrogens with zero attached hydrogens (tertiary/aromatic N) is 2. The van der Waals surface area contributed by atoms with Crippen LogP contribution in [0.3, 0.4) is 0 Å². The first-order chi connectivity index (χ1) is 9.17. The molecule has 0 aliphatic heterocycles. The van der Waals surface area contributed by atoms with Crippen molar-refractivity contribution < 1.29 is 9.53 Å². The number of hydrogen-bond donors (Lipinski definition) is 1. The minimum atomic E-state index is -0.129. The van der Waals surface area contributed by atoms with Crippen LogP contribution in [0.5, 0.6) is 5.75 Å². The minimum absolute atomic E-state index is 0.0137. The predicted octanol–water partition coefficient (Wildman–Crippen LogP) is 1.97. The Morgan fingerprint density at radius 3 is 3.00 bits per heavy atom. The average Bonchev–Trinajstić information content (AvgIpc) is 3.02. The van der Waals surface area contributed by atoms with Crippen LogP contribution >= 0.6 is 11.3 Å². The maximum atomic E-state index is 11.6. The van der Waals surface area contributed by atoms with Gasteiger partial charge in [0, 0.05) is 16.3 Å². The van der Waals surface area contributed by atoms with Crippen molar-refractivity contribution in [3.05, 3.63) is 34.3 Å². The Bertz CT molecular complexity index is 548. The summed E-state index contributed by atoms with van der Waals surface area (Å²) in [6.07, 6.45) is 3.38. The third-order valence-corrected chi connectivity index (χ3v) is 3.56. The maximum absolute atomic E-state index is 11.6. The summed E-state index contributed by atoms with van der Waals surface area (Å²) < 4.78 is 7.10. The van der Waals surface area contributed by atoms with Crippen LogP contribution in [0.15, 0.2) is 24.5 Å². The number of carbonyl (C=O) groups excluding carboxylic acids is 1. The van der Waals surface area contributed by atoms with Gasteiger partial charge in [-0.3, -0.25) is 9.48 Å². The Kier molecular flexibility index (Phi) is 4.57. The lowest BCUT2D eigenvalue weighted by atomic mass is 10.4. The molecule has 0 saturated carbocycles. The van der Waals surface area contributed by atoms with Crippen LogP contribution in [0.4, 0.5) is 0 Å². The fourth-order valence-corrected chi connectivity index (χ4v) is 2.39. The van der Waals surface area contributed by atoms with Crippen LogP contribution in [0.2, 0.25) is 0 Å². The largest absolute Gasteiger partial charge is 0.480 e. The molecule has 1 amide bonds. The van der Waals surface area contributed by atoms with Gasteiger partial charge in [0.1, 0.15) is 0 Å². The summed E-state index contributed by atoms with van der Waals surface area (Å²) in [7, 11) is 0. The van der Waals surface area contributed by atoms with Crippen molar-refractivity contribution in [3.63, 3.8) is 0 Å². The predicted molar refractivity (Wildman–Crippen MR) is 74.3 cm³/mol. The standard InChI is InChI=1S/C13H17N3O2S/c1-3-16-8-11(6-15-16)18-9-13(17)14-7-12-5-4-10(2)19-12/h4-6,8H,3,7,9H2,1-2H3,(H,14,17). The van der Waals surface area contributed by atoms with E-state index in [1.807, 2.05) is 26.0 Å². The molecule has 0 atom stereocenters. The highest BCUT2D eigenvalue weighted by Gasteiger charge is 2.05. The first-order valence-electron chi connectivity index (χ1n) is 6.14. The molecule has 0 aliphatic rings. The lowest BCUT2D eigenvalue weighted by Crippen LogP contribution is -2.28. The summed E-state index contributed by atoms with van der Waals surface area (Å²) in [6.45, 7) is 5.39. The Labute approximate surface area is 116 Å². The van der Waals surface area contributed by atoms with Gasteiger partial charge in [-0.05, 0) is 26.0 Å².